The first kappa shape index (κ1) is 38.1. The third kappa shape index (κ3) is 5.17. The lowest BCUT2D eigenvalue weighted by atomic mass is 9.57. The average molecular weight is 637 g/mol. The van der Waals surface area contributed by atoms with Crippen molar-refractivity contribution in [2.24, 2.45) is 0 Å². The van der Waals surface area contributed by atoms with Gasteiger partial charge in [-0.2, -0.15) is 0 Å². The summed E-state index contributed by atoms with van der Waals surface area (Å²) in [7, 11) is 44.2. The second-order valence-corrected chi connectivity index (χ2v) is 16.6. The fourth-order valence-electron chi connectivity index (χ4n) is 9.90. The summed E-state index contributed by atoms with van der Waals surface area (Å²) >= 11 is 0. The molecule has 2 unspecified atom stereocenters. The molecule has 51 heavy (non-hydrogen) atoms. The van der Waals surface area contributed by atoms with E-state index in [1.165, 1.54) is 143 Å². The Morgan fingerprint density at radius 3 is 1.33 bits per heavy atom. The van der Waals surface area contributed by atoms with Gasteiger partial charge in [-0.1, -0.05) is 54.8 Å². The summed E-state index contributed by atoms with van der Waals surface area (Å²) in [5, 5.41) is 0. The largest absolute Gasteiger partial charge is 0.456 e. The number of allylic oxidation sites excluding steroid dienone is 5. The Morgan fingerprint density at radius 2 is 0.804 bits per heavy atom. The first-order chi connectivity index (χ1) is 23.7. The van der Waals surface area contributed by atoms with E-state index in [1.54, 1.807) is 0 Å². The van der Waals surface area contributed by atoms with E-state index in [0.29, 0.717) is 0 Å². The first-order valence-electron chi connectivity index (χ1n) is 19.2. The molecule has 2 aliphatic rings. The highest BCUT2D eigenvalue weighted by Crippen LogP contribution is 2.54. The van der Waals surface area contributed by atoms with E-state index in [1.807, 2.05) is 0 Å². The van der Waals surface area contributed by atoms with Gasteiger partial charge in [-0.05, 0) is 29.4 Å². The lowest BCUT2D eigenvalue weighted by Crippen LogP contribution is -2.56. The van der Waals surface area contributed by atoms with Gasteiger partial charge in [-0.15, -0.1) is 54.7 Å². The van der Waals surface area contributed by atoms with E-state index < -0.39 is 0 Å². The van der Waals surface area contributed by atoms with Crippen molar-refractivity contribution in [3.63, 3.8) is 0 Å². The Labute approximate surface area is 324 Å². The zero-order valence-electron chi connectivity index (χ0n) is 35.6. The van der Waals surface area contributed by atoms with Crippen LogP contribution in [-0.4, -0.2) is 149 Å². The molecule has 4 aromatic rings. The van der Waals surface area contributed by atoms with Crippen LogP contribution in [0.25, 0.3) is 33.5 Å². The fraction of sp³-hybridized carbons (Fsp3) is 0.0968. The second-order valence-electron chi connectivity index (χ2n) is 16.6. The number of benzene rings is 3. The van der Waals surface area contributed by atoms with Gasteiger partial charge in [0.1, 0.15) is 161 Å². The van der Waals surface area contributed by atoms with Gasteiger partial charge >= 0.3 is 0 Å². The Bertz CT molecular complexity index is 2320. The van der Waals surface area contributed by atoms with Crippen molar-refractivity contribution >= 4 is 231 Å². The minimum atomic E-state index is 0.161. The van der Waals surface area contributed by atoms with Crippen molar-refractivity contribution < 1.29 is 4.42 Å². The Hall–Kier alpha value is -2.61. The van der Waals surface area contributed by atoms with Crippen molar-refractivity contribution in [2.75, 3.05) is 0 Å². The summed E-state index contributed by atoms with van der Waals surface area (Å²) in [6.45, 7) is 2.33. The molecule has 0 saturated carbocycles. The van der Waals surface area contributed by atoms with Crippen LogP contribution in [0.3, 0.4) is 0 Å². The summed E-state index contributed by atoms with van der Waals surface area (Å²) in [6, 6.07) is 0. The number of rotatable bonds is 4. The molecule has 20 heteroatoms. The van der Waals surface area contributed by atoms with Crippen LogP contribution in [0.4, 0.5) is 0 Å². The number of fused-ring (bicyclic) bond motifs is 1. The molecule has 0 bridgehead atoms. The summed E-state index contributed by atoms with van der Waals surface area (Å²) in [6.07, 6.45) is 0. The normalized spacial score (nSPS) is 17.2. The molecule has 0 radical (unpaired) electrons. The third-order valence-corrected chi connectivity index (χ3v) is 15.0. The van der Waals surface area contributed by atoms with Gasteiger partial charge in [0, 0.05) is 22.6 Å². The van der Waals surface area contributed by atoms with Crippen LogP contribution in [-0.2, 0) is 0 Å². The molecular formula is C31H43B19O. The monoisotopic (exact) mass is 641 g/mol. The maximum absolute atomic E-state index is 7.67. The lowest BCUT2D eigenvalue weighted by Gasteiger charge is -2.28. The van der Waals surface area contributed by atoms with Crippen LogP contribution in [0, 0.1) is 6.92 Å². The smallest absolute Gasteiger partial charge is 0.141 e. The van der Waals surface area contributed by atoms with Crippen LogP contribution >= 0.6 is 0 Å². The number of hydrogen-bond acceptors (Lipinski definition) is 1. The predicted octanol–water partition coefficient (Wildman–Crippen LogP) is -20.5. The van der Waals surface area contributed by atoms with E-state index in [0.717, 1.165) is 11.5 Å². The van der Waals surface area contributed by atoms with Gasteiger partial charge in [0.2, 0.25) is 0 Å². The highest BCUT2D eigenvalue weighted by Gasteiger charge is 2.40. The minimum Gasteiger partial charge on any atom is -0.456 e. The minimum absolute atomic E-state index is 0.161. The molecular weight excluding hydrogens is 594 g/mol. The standard InChI is InChI=1S/C31H43B19O/c1-2-3(12(33)24(45)21(42)11(2)32)4-7(18(39)28(49)25(46)13(4)34)30-9-10(20(41)23(44)19(9)40)31(51-30)8-5(14(35)22(43)17(8)38)6-15(36)26(47)29(50)27(48)16(6)37/h5,20H,32-50H2,1H3. The molecule has 2 atom stereocenters. The molecule has 0 aliphatic heterocycles. The van der Waals surface area contributed by atoms with Crippen LogP contribution in [0.2, 0.25) is 0 Å². The number of hydrogen-bond donors (Lipinski definition) is 0. The van der Waals surface area contributed by atoms with Crippen molar-refractivity contribution in [1.29, 1.82) is 0 Å². The summed E-state index contributed by atoms with van der Waals surface area (Å²) in [4.78, 5) is 0. The molecule has 0 N–H and O–H groups in total. The molecule has 2 aliphatic carbocycles. The second kappa shape index (κ2) is 13.1. The van der Waals surface area contributed by atoms with Crippen molar-refractivity contribution in [3.8, 4) is 22.5 Å². The molecule has 0 fully saturated rings. The molecule has 0 amide bonds. The van der Waals surface area contributed by atoms with Crippen LogP contribution in [0.1, 0.15) is 39.7 Å². The number of furan rings is 1. The highest BCUT2D eigenvalue weighted by molar-refractivity contribution is 6.69. The summed E-state index contributed by atoms with van der Waals surface area (Å²) in [5.74, 6) is 2.60. The van der Waals surface area contributed by atoms with Crippen LogP contribution in [0.5, 0.6) is 0 Å². The van der Waals surface area contributed by atoms with E-state index in [2.05, 4.69) is 156 Å². The molecule has 3 aromatic carbocycles. The van der Waals surface area contributed by atoms with Crippen molar-refractivity contribution in [2.45, 2.75) is 18.7 Å². The average Bonchev–Trinajstić information content (AvgIpc) is 3.66. The van der Waals surface area contributed by atoms with Crippen molar-refractivity contribution in [3.05, 3.63) is 49.9 Å². The molecule has 0 saturated heterocycles. The van der Waals surface area contributed by atoms with Gasteiger partial charge in [-0.3, -0.25) is 0 Å². The predicted molar refractivity (Wildman–Crippen MR) is 285 cm³/mol. The van der Waals surface area contributed by atoms with E-state index in [-0.39, 0.29) is 11.7 Å². The topological polar surface area (TPSA) is 13.1 Å². The van der Waals surface area contributed by atoms with E-state index in [4.69, 9.17) is 4.42 Å². The van der Waals surface area contributed by atoms with Gasteiger partial charge in [0.05, 0.1) is 0 Å². The molecule has 6 rings (SSSR count). The van der Waals surface area contributed by atoms with Crippen LogP contribution < -0.4 is 71.0 Å². The van der Waals surface area contributed by atoms with E-state index in [9.17, 15) is 0 Å². The Morgan fingerprint density at radius 1 is 0.373 bits per heavy atom. The molecule has 230 valence electrons. The van der Waals surface area contributed by atoms with Crippen molar-refractivity contribution in [1.82, 2.24) is 0 Å². The molecule has 1 nitrogen and oxygen atoms in total. The summed E-state index contributed by atoms with van der Waals surface area (Å²) < 4.78 is 7.67. The SMILES string of the molecule is BC1=C(B)C(c2c(B)c(B)c(B)c(B)c2B)C(c2oc(-c3c(B)c(B)c(B)c(B)c3-c3c(B)c(B)c(B)c(B)c3C)c3c2C(B)C(B)=C3B)=C1B. The Balaban J connectivity index is 1.78. The molecule has 0 spiro atoms. The summed E-state index contributed by atoms with van der Waals surface area (Å²) in [5.41, 5.74) is 36.0. The zero-order chi connectivity index (χ0) is 38.0. The Kier molecular flexibility index (Phi) is 9.76. The van der Waals surface area contributed by atoms with Gasteiger partial charge in [0.25, 0.3) is 0 Å². The van der Waals surface area contributed by atoms with Gasteiger partial charge < -0.3 is 4.42 Å². The maximum Gasteiger partial charge on any atom is 0.141 e. The lowest BCUT2D eigenvalue weighted by molar-refractivity contribution is 0.560. The highest BCUT2D eigenvalue weighted by atomic mass is 16.3. The van der Waals surface area contributed by atoms with E-state index >= 15 is 0 Å². The third-order valence-electron chi connectivity index (χ3n) is 15.0. The zero-order valence-corrected chi connectivity index (χ0v) is 35.6. The van der Waals surface area contributed by atoms with Gasteiger partial charge in [-0.25, -0.2) is 0 Å². The quantitative estimate of drug-likeness (QED) is 0.203. The first-order valence-corrected chi connectivity index (χ1v) is 19.2. The molecule has 1 aromatic heterocycles. The fourth-order valence-corrected chi connectivity index (χ4v) is 9.90. The van der Waals surface area contributed by atoms with Gasteiger partial charge in [0.15, 0.2) is 0 Å². The molecule has 1 heterocycles. The van der Waals surface area contributed by atoms with Crippen LogP contribution in [0.15, 0.2) is 26.3 Å². The maximum atomic E-state index is 7.67.